The number of aliphatic carboxylic acids is 1. The number of Topliss-reactive ketones (excluding diaryl/α,β-unsaturated/α-hetero) is 1. The maximum atomic E-state index is 14.1. The Hall–Kier alpha value is -3.47. The lowest BCUT2D eigenvalue weighted by Gasteiger charge is -2.72. The number of aliphatic hydroxyl groups is 1. The van der Waals surface area contributed by atoms with Crippen molar-refractivity contribution in [2.45, 2.75) is 139 Å². The highest BCUT2D eigenvalue weighted by Gasteiger charge is 2.71. The van der Waals surface area contributed by atoms with Gasteiger partial charge in [0, 0.05) is 17.3 Å². The summed E-state index contributed by atoms with van der Waals surface area (Å²) in [6.07, 6.45) is 6.66. The van der Waals surface area contributed by atoms with Crippen LogP contribution < -0.4 is 0 Å². The summed E-state index contributed by atoms with van der Waals surface area (Å²) in [7, 11) is 0. The number of ketones is 1. The van der Waals surface area contributed by atoms with Gasteiger partial charge in [-0.15, -0.1) is 10.2 Å². The van der Waals surface area contributed by atoms with Gasteiger partial charge in [0.15, 0.2) is 5.78 Å². The second kappa shape index (κ2) is 12.8. The van der Waals surface area contributed by atoms with Crippen LogP contribution in [0.4, 0.5) is 4.39 Å². The molecule has 4 fully saturated rings. The summed E-state index contributed by atoms with van der Waals surface area (Å²) in [6.45, 7) is 19.2. The maximum Gasteiger partial charge on any atom is 0.309 e. The minimum atomic E-state index is -1.19. The number of carboxylic acid groups (broad SMARTS) is 1. The number of allylic oxidation sites excluding steroid dienone is 1. The first-order chi connectivity index (χ1) is 25.1. The molecule has 5 aliphatic rings. The Labute approximate surface area is 318 Å². The Morgan fingerprint density at radius 2 is 1.70 bits per heavy atom. The first-order valence-corrected chi connectivity index (χ1v) is 20.0. The molecule has 0 aliphatic heterocycles. The Bertz CT molecular complexity index is 1880. The van der Waals surface area contributed by atoms with Crippen LogP contribution in [-0.4, -0.2) is 49.2 Å². The van der Waals surface area contributed by atoms with Crippen LogP contribution in [0.5, 0.6) is 0 Å². The SMILES string of the molecule is CC(C)C1=C2[C@H]3CC[C@@H]4[C@@]5(C)CC[C@H](OC(=O)CC(C)(C)C(=O)O)C(C)(C)[C@@H]5CC[C@@]4(C)[C@]3(C)CC[C@@]2(C(O)c2nnc(-c3ccc(F)cn3)o2)CC1=O. The van der Waals surface area contributed by atoms with Crippen LogP contribution in [0.3, 0.4) is 0 Å². The summed E-state index contributed by atoms with van der Waals surface area (Å²) in [5, 5.41) is 30.3. The molecule has 2 N–H and O–H groups in total. The van der Waals surface area contributed by atoms with E-state index >= 15 is 0 Å². The fourth-order valence-corrected chi connectivity index (χ4v) is 13.0. The van der Waals surface area contributed by atoms with Crippen molar-refractivity contribution < 1.29 is 38.1 Å². The number of fused-ring (bicyclic) bond motifs is 7. The van der Waals surface area contributed by atoms with Gasteiger partial charge in [-0.3, -0.25) is 14.4 Å². The molecule has 0 amide bonds. The molecule has 294 valence electrons. The molecule has 11 heteroatoms. The van der Waals surface area contributed by atoms with Crippen molar-refractivity contribution in [1.82, 2.24) is 15.2 Å². The molecule has 5 aliphatic carbocycles. The van der Waals surface area contributed by atoms with E-state index in [-0.39, 0.29) is 70.0 Å². The number of hydrogen-bond donors (Lipinski definition) is 2. The number of carbonyl (C=O) groups is 3. The molecule has 0 bridgehead atoms. The predicted molar refractivity (Wildman–Crippen MR) is 198 cm³/mol. The van der Waals surface area contributed by atoms with Gasteiger partial charge in [-0.1, -0.05) is 48.5 Å². The van der Waals surface area contributed by atoms with Crippen LogP contribution in [0.1, 0.15) is 139 Å². The smallest absolute Gasteiger partial charge is 0.309 e. The largest absolute Gasteiger partial charge is 0.481 e. The lowest BCUT2D eigenvalue weighted by molar-refractivity contribution is -0.235. The molecule has 9 atom stereocenters. The monoisotopic (exact) mass is 747 g/mol. The van der Waals surface area contributed by atoms with E-state index in [0.29, 0.717) is 24.0 Å². The van der Waals surface area contributed by atoms with Crippen LogP contribution in [0, 0.1) is 62.0 Å². The topological polar surface area (TPSA) is 153 Å². The average molecular weight is 748 g/mol. The Morgan fingerprint density at radius 1 is 0.981 bits per heavy atom. The zero-order chi connectivity index (χ0) is 39.4. The number of ether oxygens (including phenoxy) is 1. The number of rotatable bonds is 8. The molecule has 0 saturated heterocycles. The van der Waals surface area contributed by atoms with Crippen LogP contribution in [0.25, 0.3) is 11.6 Å². The van der Waals surface area contributed by atoms with Crippen molar-refractivity contribution in [2.24, 2.45) is 56.2 Å². The molecule has 0 radical (unpaired) electrons. The van der Waals surface area contributed by atoms with E-state index in [1.54, 1.807) is 13.8 Å². The van der Waals surface area contributed by atoms with E-state index in [0.717, 1.165) is 62.3 Å². The normalized spacial score (nSPS) is 36.6. The fourth-order valence-electron chi connectivity index (χ4n) is 13.0. The number of aliphatic hydroxyl groups excluding tert-OH is 1. The lowest BCUT2D eigenvalue weighted by atomic mass is 9.33. The molecule has 7 rings (SSSR count). The summed E-state index contributed by atoms with van der Waals surface area (Å²) < 4.78 is 25.8. The number of carbonyl (C=O) groups excluding carboxylic acids is 2. The van der Waals surface area contributed by atoms with E-state index in [4.69, 9.17) is 9.15 Å². The van der Waals surface area contributed by atoms with Crippen molar-refractivity contribution in [2.75, 3.05) is 0 Å². The number of esters is 1. The van der Waals surface area contributed by atoms with Crippen LogP contribution in [-0.2, 0) is 19.1 Å². The van der Waals surface area contributed by atoms with Crippen molar-refractivity contribution in [3.63, 3.8) is 0 Å². The second-order valence-electron chi connectivity index (χ2n) is 19.8. The van der Waals surface area contributed by atoms with Gasteiger partial charge >= 0.3 is 11.9 Å². The standard InChI is InChI=1S/C43H58FN3O7/c1-23(2)32-27(48)20-43(34(50)36-47-46-35(54-36)26-12-10-24(44)22-45-26)19-18-41(8)25(33(32)43)11-13-29-40(7)16-15-30(53-31(49)21-38(3,4)37(51)52)39(5,6)28(40)14-17-42(29,41)9/h10,12,22-23,25,28-30,34,50H,11,13-21H2,1-9H3,(H,51,52)/t25-,28+,29-,30+,34?,40+,41-,42-,43-/m1/s1. The molecular weight excluding hydrogens is 689 g/mol. The summed E-state index contributed by atoms with van der Waals surface area (Å²) in [6, 6.07) is 2.73. The summed E-state index contributed by atoms with van der Waals surface area (Å²) >= 11 is 0. The Kier molecular flexibility index (Phi) is 9.18. The summed E-state index contributed by atoms with van der Waals surface area (Å²) in [4.78, 5) is 43.0. The van der Waals surface area contributed by atoms with Gasteiger partial charge in [0.2, 0.25) is 5.89 Å². The van der Waals surface area contributed by atoms with Crippen molar-refractivity contribution in [3.8, 4) is 11.6 Å². The van der Waals surface area contributed by atoms with Crippen molar-refractivity contribution in [1.29, 1.82) is 0 Å². The maximum absolute atomic E-state index is 14.1. The second-order valence-corrected chi connectivity index (χ2v) is 19.8. The van der Waals surface area contributed by atoms with E-state index < -0.39 is 34.7 Å². The van der Waals surface area contributed by atoms with Gasteiger partial charge < -0.3 is 19.4 Å². The highest BCUT2D eigenvalue weighted by molar-refractivity contribution is 6.00. The van der Waals surface area contributed by atoms with E-state index in [1.165, 1.54) is 12.1 Å². The molecule has 54 heavy (non-hydrogen) atoms. The predicted octanol–water partition coefficient (Wildman–Crippen LogP) is 8.70. The Morgan fingerprint density at radius 3 is 2.35 bits per heavy atom. The molecule has 0 aromatic carbocycles. The van der Waals surface area contributed by atoms with Crippen molar-refractivity contribution >= 4 is 17.7 Å². The lowest BCUT2D eigenvalue weighted by Crippen LogP contribution is -2.66. The molecule has 2 heterocycles. The fraction of sp³-hybridized carbons (Fsp3) is 0.721. The third kappa shape index (κ3) is 5.55. The van der Waals surface area contributed by atoms with Crippen LogP contribution >= 0.6 is 0 Å². The van der Waals surface area contributed by atoms with E-state index in [2.05, 4.69) is 63.6 Å². The molecule has 2 aromatic rings. The average Bonchev–Trinajstić information content (AvgIpc) is 3.69. The molecule has 0 spiro atoms. The van der Waals surface area contributed by atoms with Crippen LogP contribution in [0.2, 0.25) is 0 Å². The highest BCUT2D eigenvalue weighted by atomic mass is 19.1. The molecule has 10 nitrogen and oxygen atoms in total. The quantitative estimate of drug-likeness (QED) is 0.251. The number of nitrogens with zero attached hydrogens (tertiary/aromatic N) is 3. The zero-order valence-electron chi connectivity index (χ0n) is 33.4. The minimum absolute atomic E-state index is 0.00290. The molecule has 4 saturated carbocycles. The van der Waals surface area contributed by atoms with Gasteiger partial charge in [0.1, 0.15) is 23.7 Å². The minimum Gasteiger partial charge on any atom is -0.481 e. The summed E-state index contributed by atoms with van der Waals surface area (Å²) in [5.41, 5.74) is -0.275. The first kappa shape index (κ1) is 38.8. The molecular formula is C43H58FN3O7. The number of pyridine rings is 1. The highest BCUT2D eigenvalue weighted by Crippen LogP contribution is 2.77. The number of hydrogen-bond acceptors (Lipinski definition) is 9. The van der Waals surface area contributed by atoms with E-state index in [9.17, 15) is 29.0 Å². The third-order valence-electron chi connectivity index (χ3n) is 16.0. The first-order valence-electron chi connectivity index (χ1n) is 20.0. The third-order valence-corrected chi connectivity index (χ3v) is 16.0. The van der Waals surface area contributed by atoms with E-state index in [1.807, 2.05) is 0 Å². The van der Waals surface area contributed by atoms with Gasteiger partial charge in [-0.05, 0) is 128 Å². The molecule has 1 unspecified atom stereocenters. The number of halogens is 1. The van der Waals surface area contributed by atoms with Crippen molar-refractivity contribution in [3.05, 3.63) is 41.2 Å². The molecule has 2 aromatic heterocycles. The van der Waals surface area contributed by atoms with Gasteiger partial charge in [-0.25, -0.2) is 9.37 Å². The number of aromatic nitrogens is 3. The van der Waals surface area contributed by atoms with Gasteiger partial charge in [-0.2, -0.15) is 0 Å². The van der Waals surface area contributed by atoms with Gasteiger partial charge in [0.05, 0.1) is 18.0 Å². The number of carboxylic acids is 1. The van der Waals surface area contributed by atoms with Crippen LogP contribution in [0.15, 0.2) is 33.9 Å². The Balaban J connectivity index is 1.19. The van der Waals surface area contributed by atoms with Gasteiger partial charge in [0.25, 0.3) is 5.89 Å². The zero-order valence-corrected chi connectivity index (χ0v) is 33.4. The summed E-state index contributed by atoms with van der Waals surface area (Å²) in [5.74, 6) is -0.907.